The van der Waals surface area contributed by atoms with Crippen molar-refractivity contribution in [2.75, 3.05) is 14.1 Å². The molecule has 17 heavy (non-hydrogen) atoms. The van der Waals surface area contributed by atoms with E-state index < -0.39 is 6.18 Å². The summed E-state index contributed by atoms with van der Waals surface area (Å²) in [5.74, 6) is 0. The third-order valence-electron chi connectivity index (χ3n) is 3.47. The van der Waals surface area contributed by atoms with Crippen molar-refractivity contribution in [1.82, 2.24) is 4.90 Å². The van der Waals surface area contributed by atoms with Crippen molar-refractivity contribution in [3.63, 3.8) is 0 Å². The molecule has 1 aliphatic carbocycles. The summed E-state index contributed by atoms with van der Waals surface area (Å²) in [4.78, 5) is 2.48. The monoisotopic (exact) mass is 263 g/mol. The molecular formula is C12H16F3NS. The maximum atomic E-state index is 12.9. The van der Waals surface area contributed by atoms with Crippen molar-refractivity contribution in [3.8, 4) is 0 Å². The summed E-state index contributed by atoms with van der Waals surface area (Å²) in [6.45, 7) is 1.80. The van der Waals surface area contributed by atoms with Crippen LogP contribution in [0.1, 0.15) is 27.3 Å². The first-order chi connectivity index (χ1) is 7.80. The first kappa shape index (κ1) is 12.9. The molecule has 1 nitrogen and oxygen atoms in total. The van der Waals surface area contributed by atoms with Crippen molar-refractivity contribution in [2.24, 2.45) is 0 Å². The van der Waals surface area contributed by atoms with Gasteiger partial charge in [-0.25, -0.2) is 0 Å². The average Bonchev–Trinajstić information content (AvgIpc) is 2.55. The molecule has 0 aliphatic heterocycles. The average molecular weight is 263 g/mol. The molecule has 0 saturated carbocycles. The maximum absolute atomic E-state index is 12.9. The highest BCUT2D eigenvalue weighted by Gasteiger charge is 2.39. The Morgan fingerprint density at radius 1 is 1.24 bits per heavy atom. The molecule has 1 heterocycles. The Bertz CT molecular complexity index is 420. The van der Waals surface area contributed by atoms with Crippen molar-refractivity contribution < 1.29 is 13.2 Å². The van der Waals surface area contributed by atoms with Gasteiger partial charge in [-0.1, -0.05) is 0 Å². The van der Waals surface area contributed by atoms with E-state index in [1.54, 1.807) is 6.92 Å². The molecule has 0 amide bonds. The van der Waals surface area contributed by atoms with Crippen LogP contribution in [0.4, 0.5) is 13.2 Å². The van der Waals surface area contributed by atoms with Gasteiger partial charge in [0.25, 0.3) is 0 Å². The van der Waals surface area contributed by atoms with Gasteiger partial charge in [-0.15, -0.1) is 11.3 Å². The topological polar surface area (TPSA) is 3.24 Å². The predicted molar refractivity (Wildman–Crippen MR) is 63.6 cm³/mol. The first-order valence-electron chi connectivity index (χ1n) is 5.65. The first-order valence-corrected chi connectivity index (χ1v) is 6.47. The smallest absolute Gasteiger partial charge is 0.306 e. The van der Waals surface area contributed by atoms with Gasteiger partial charge in [-0.05, 0) is 51.4 Å². The Morgan fingerprint density at radius 2 is 1.88 bits per heavy atom. The molecule has 0 spiro atoms. The van der Waals surface area contributed by atoms with Crippen LogP contribution >= 0.6 is 11.3 Å². The summed E-state index contributed by atoms with van der Waals surface area (Å²) in [6.07, 6.45) is -1.94. The van der Waals surface area contributed by atoms with E-state index in [1.165, 1.54) is 0 Å². The van der Waals surface area contributed by atoms with E-state index in [9.17, 15) is 13.2 Å². The van der Waals surface area contributed by atoms with Crippen LogP contribution in [0.2, 0.25) is 0 Å². The Kier molecular flexibility index (Phi) is 3.25. The number of likely N-dealkylation sites (N-methyl/N-ethyl adjacent to an activating group) is 1. The van der Waals surface area contributed by atoms with Crippen LogP contribution in [0.25, 0.3) is 0 Å². The van der Waals surface area contributed by atoms with Crippen LogP contribution in [-0.4, -0.2) is 25.0 Å². The fourth-order valence-electron chi connectivity index (χ4n) is 2.49. The molecule has 2 rings (SSSR count). The molecule has 5 heteroatoms. The zero-order valence-electron chi connectivity index (χ0n) is 10.2. The SMILES string of the molecule is Cc1sc(C(F)(F)F)c2c1CCC(N(C)C)C2. The maximum Gasteiger partial charge on any atom is 0.425 e. The molecule has 96 valence electrons. The molecule has 1 unspecified atom stereocenters. The predicted octanol–water partition coefficient (Wildman–Crippen LogP) is 3.49. The van der Waals surface area contributed by atoms with Crippen molar-refractivity contribution in [1.29, 1.82) is 0 Å². The van der Waals surface area contributed by atoms with Crippen molar-refractivity contribution >= 4 is 11.3 Å². The number of halogens is 3. The highest BCUT2D eigenvalue weighted by atomic mass is 32.1. The lowest BCUT2D eigenvalue weighted by Gasteiger charge is -2.29. The summed E-state index contributed by atoms with van der Waals surface area (Å²) >= 11 is 0.907. The number of hydrogen-bond donors (Lipinski definition) is 0. The van der Waals surface area contributed by atoms with Gasteiger partial charge in [0.2, 0.25) is 0 Å². The highest BCUT2D eigenvalue weighted by molar-refractivity contribution is 7.12. The zero-order valence-corrected chi connectivity index (χ0v) is 11.0. The van der Waals surface area contributed by atoms with E-state index >= 15 is 0 Å². The summed E-state index contributed by atoms with van der Waals surface area (Å²) < 4.78 is 38.7. The van der Waals surface area contributed by atoms with Crippen LogP contribution in [0.3, 0.4) is 0 Å². The molecule has 0 saturated heterocycles. The minimum absolute atomic E-state index is 0.234. The summed E-state index contributed by atoms with van der Waals surface area (Å²) in [5.41, 5.74) is 1.49. The van der Waals surface area contributed by atoms with E-state index in [0.29, 0.717) is 12.0 Å². The van der Waals surface area contributed by atoms with Crippen molar-refractivity contribution in [3.05, 3.63) is 20.9 Å². The second-order valence-electron chi connectivity index (χ2n) is 4.80. The van der Waals surface area contributed by atoms with Gasteiger partial charge in [0.1, 0.15) is 4.88 Å². The number of alkyl halides is 3. The number of nitrogens with zero attached hydrogens (tertiary/aromatic N) is 1. The third-order valence-corrected chi connectivity index (χ3v) is 4.71. The number of rotatable bonds is 1. The lowest BCUT2D eigenvalue weighted by molar-refractivity contribution is -0.135. The third kappa shape index (κ3) is 2.36. The minimum Gasteiger partial charge on any atom is -0.306 e. The van der Waals surface area contributed by atoms with E-state index in [1.807, 2.05) is 19.0 Å². The number of hydrogen-bond acceptors (Lipinski definition) is 2. The molecular weight excluding hydrogens is 247 g/mol. The van der Waals surface area contributed by atoms with Crippen LogP contribution in [0, 0.1) is 6.92 Å². The fraction of sp³-hybridized carbons (Fsp3) is 0.667. The normalized spacial score (nSPS) is 20.8. The van der Waals surface area contributed by atoms with Crippen LogP contribution in [0.15, 0.2) is 0 Å². The molecule has 0 bridgehead atoms. The van der Waals surface area contributed by atoms with Crippen molar-refractivity contribution in [2.45, 2.75) is 38.4 Å². The Balaban J connectivity index is 2.41. The van der Waals surface area contributed by atoms with Gasteiger partial charge in [0.15, 0.2) is 0 Å². The largest absolute Gasteiger partial charge is 0.425 e. The molecule has 1 aromatic rings. The minimum atomic E-state index is -4.20. The molecule has 0 fully saturated rings. The molecule has 0 N–H and O–H groups in total. The lowest BCUT2D eigenvalue weighted by Crippen LogP contribution is -2.34. The van der Waals surface area contributed by atoms with Gasteiger partial charge in [0, 0.05) is 10.9 Å². The number of aryl methyl sites for hydroxylation is 1. The second kappa shape index (κ2) is 4.28. The summed E-state index contributed by atoms with van der Waals surface area (Å²) in [7, 11) is 3.87. The summed E-state index contributed by atoms with van der Waals surface area (Å²) in [5, 5.41) is 0. The molecule has 1 aliphatic rings. The van der Waals surface area contributed by atoms with Crippen LogP contribution in [0.5, 0.6) is 0 Å². The Morgan fingerprint density at radius 3 is 2.41 bits per heavy atom. The quantitative estimate of drug-likeness (QED) is 0.749. The van der Waals surface area contributed by atoms with Gasteiger partial charge >= 0.3 is 6.18 Å². The van der Waals surface area contributed by atoms with E-state index in [2.05, 4.69) is 0 Å². The highest BCUT2D eigenvalue weighted by Crippen LogP contribution is 2.43. The van der Waals surface area contributed by atoms with E-state index in [0.717, 1.165) is 34.6 Å². The second-order valence-corrected chi connectivity index (χ2v) is 6.03. The zero-order chi connectivity index (χ0) is 12.8. The van der Waals surface area contributed by atoms with Gasteiger partial charge in [0.05, 0.1) is 0 Å². The number of thiophene rings is 1. The molecule has 0 radical (unpaired) electrons. The van der Waals surface area contributed by atoms with Gasteiger partial charge in [-0.3, -0.25) is 0 Å². The summed E-state index contributed by atoms with van der Waals surface area (Å²) in [6, 6.07) is 0.234. The lowest BCUT2D eigenvalue weighted by atomic mass is 9.88. The Hall–Kier alpha value is -0.550. The van der Waals surface area contributed by atoms with Crippen LogP contribution in [-0.2, 0) is 19.0 Å². The van der Waals surface area contributed by atoms with Gasteiger partial charge in [-0.2, -0.15) is 13.2 Å². The molecule has 1 aromatic heterocycles. The molecule has 1 atom stereocenters. The van der Waals surface area contributed by atoms with E-state index in [4.69, 9.17) is 0 Å². The van der Waals surface area contributed by atoms with Gasteiger partial charge < -0.3 is 4.90 Å². The number of fused-ring (bicyclic) bond motifs is 1. The molecule has 0 aromatic carbocycles. The fourth-order valence-corrected chi connectivity index (χ4v) is 3.59. The Labute approximate surface area is 103 Å². The van der Waals surface area contributed by atoms with E-state index in [-0.39, 0.29) is 10.9 Å². The standard InChI is InChI=1S/C12H16F3NS/c1-7-9-5-4-8(16(2)3)6-10(9)11(17-7)12(13,14)15/h8H,4-6H2,1-3H3. The van der Waals surface area contributed by atoms with Crippen LogP contribution < -0.4 is 0 Å².